The summed E-state index contributed by atoms with van der Waals surface area (Å²) >= 11 is 0. The second-order valence-electron chi connectivity index (χ2n) is 11.2. The molecule has 0 radical (unpaired) electrons. The second-order valence-corrected chi connectivity index (χ2v) is 11.2. The lowest BCUT2D eigenvalue weighted by Crippen LogP contribution is -2.55. The van der Waals surface area contributed by atoms with Crippen LogP contribution in [0, 0.1) is 46.3 Å². The third-order valence-electron chi connectivity index (χ3n) is 10.0. The van der Waals surface area contributed by atoms with Crippen molar-refractivity contribution in [1.82, 2.24) is 0 Å². The summed E-state index contributed by atoms with van der Waals surface area (Å²) in [6, 6.07) is 0. The predicted octanol–water partition coefficient (Wildman–Crippen LogP) is 6.05. The van der Waals surface area contributed by atoms with Crippen LogP contribution in [0.4, 0.5) is 0 Å². The van der Waals surface area contributed by atoms with E-state index in [0.717, 1.165) is 42.4 Å². The fourth-order valence-electron chi connectivity index (χ4n) is 8.53. The van der Waals surface area contributed by atoms with Crippen molar-refractivity contribution in [3.63, 3.8) is 0 Å². The van der Waals surface area contributed by atoms with E-state index in [-0.39, 0.29) is 0 Å². The van der Waals surface area contributed by atoms with Gasteiger partial charge in [-0.3, -0.25) is 0 Å². The van der Waals surface area contributed by atoms with E-state index in [1.165, 1.54) is 44.9 Å². The van der Waals surface area contributed by atoms with Crippen molar-refractivity contribution in [2.24, 2.45) is 46.3 Å². The van der Waals surface area contributed by atoms with Gasteiger partial charge >= 0.3 is 0 Å². The van der Waals surface area contributed by atoms with Crippen LogP contribution in [0.5, 0.6) is 0 Å². The monoisotopic (exact) mass is 378 g/mol. The minimum absolute atomic E-state index is 0.357. The summed E-state index contributed by atoms with van der Waals surface area (Å²) < 4.78 is 0. The Morgan fingerprint density at radius 3 is 2.19 bits per heavy atom. The summed E-state index contributed by atoms with van der Waals surface area (Å²) in [5, 5.41) is 20.4. The maximum atomic E-state index is 10.6. The van der Waals surface area contributed by atoms with E-state index in [0.29, 0.717) is 23.4 Å². The SMILES string of the molecule is CC.C[C@H](CO)C1CCC2C3CCC4C[C@@](C)(O)CCC4(C)C3CCC21C. The molecule has 9 atom stereocenters. The Kier molecular flexibility index (Phi) is 6.11. The molecule has 2 heteroatoms. The topological polar surface area (TPSA) is 40.5 Å². The second kappa shape index (κ2) is 7.63. The number of fused-ring (bicyclic) bond motifs is 5. The van der Waals surface area contributed by atoms with E-state index in [1.807, 2.05) is 13.8 Å². The van der Waals surface area contributed by atoms with Gasteiger partial charge in [0.15, 0.2) is 0 Å². The molecule has 0 amide bonds. The summed E-state index contributed by atoms with van der Waals surface area (Å²) in [5.41, 5.74) is 0.509. The van der Waals surface area contributed by atoms with Crippen molar-refractivity contribution < 1.29 is 10.2 Å². The van der Waals surface area contributed by atoms with Gasteiger partial charge in [0, 0.05) is 6.61 Å². The molecule has 0 saturated heterocycles. The van der Waals surface area contributed by atoms with E-state index in [1.54, 1.807) is 0 Å². The number of aliphatic hydroxyl groups excluding tert-OH is 1. The van der Waals surface area contributed by atoms with E-state index >= 15 is 0 Å². The van der Waals surface area contributed by atoms with Crippen LogP contribution >= 0.6 is 0 Å². The zero-order chi connectivity index (χ0) is 20.0. The van der Waals surface area contributed by atoms with Gasteiger partial charge in [0.05, 0.1) is 5.60 Å². The van der Waals surface area contributed by atoms with Crippen LogP contribution in [0.3, 0.4) is 0 Å². The molecule has 4 fully saturated rings. The first-order valence-corrected chi connectivity index (χ1v) is 12.0. The smallest absolute Gasteiger partial charge is 0.0622 e. The summed E-state index contributed by atoms with van der Waals surface area (Å²) in [6.45, 7) is 13.8. The molecule has 0 aromatic rings. The lowest BCUT2D eigenvalue weighted by atomic mass is 9.43. The first-order valence-electron chi connectivity index (χ1n) is 12.0. The standard InChI is InChI=1S/C23H40O2.C2H6/c1-15(14-24)18-7-8-19-17-6-5-16-13-21(2,25)11-12-22(16,3)20(17)9-10-23(18,19)4;1-2/h15-20,24-25H,5-14H2,1-4H3;1-2H3/t15-,16?,17?,18?,19?,20?,21+,22?,23?;/m1./s1. The van der Waals surface area contributed by atoms with Gasteiger partial charge in [0.2, 0.25) is 0 Å². The van der Waals surface area contributed by atoms with Gasteiger partial charge in [0.25, 0.3) is 0 Å². The Morgan fingerprint density at radius 2 is 1.52 bits per heavy atom. The highest BCUT2D eigenvalue weighted by molar-refractivity contribution is 5.10. The number of hydrogen-bond acceptors (Lipinski definition) is 2. The van der Waals surface area contributed by atoms with Gasteiger partial charge in [-0.1, -0.05) is 34.6 Å². The van der Waals surface area contributed by atoms with Crippen LogP contribution in [0.2, 0.25) is 0 Å². The van der Waals surface area contributed by atoms with Crippen LogP contribution < -0.4 is 0 Å². The molecule has 0 heterocycles. The molecule has 158 valence electrons. The molecule has 0 aromatic carbocycles. The maximum absolute atomic E-state index is 10.6. The largest absolute Gasteiger partial charge is 0.396 e. The lowest BCUT2D eigenvalue weighted by Gasteiger charge is -2.62. The number of rotatable bonds is 2. The molecule has 2 nitrogen and oxygen atoms in total. The lowest BCUT2D eigenvalue weighted by molar-refractivity contribution is -0.148. The average Bonchev–Trinajstić information content (AvgIpc) is 3.00. The van der Waals surface area contributed by atoms with Gasteiger partial charge < -0.3 is 10.2 Å². The molecule has 7 unspecified atom stereocenters. The van der Waals surface area contributed by atoms with Crippen molar-refractivity contribution in [1.29, 1.82) is 0 Å². The van der Waals surface area contributed by atoms with Crippen molar-refractivity contribution >= 4 is 0 Å². The zero-order valence-corrected chi connectivity index (χ0v) is 18.9. The van der Waals surface area contributed by atoms with Gasteiger partial charge in [-0.25, -0.2) is 0 Å². The summed E-state index contributed by atoms with van der Waals surface area (Å²) in [7, 11) is 0. The van der Waals surface area contributed by atoms with Gasteiger partial charge in [-0.15, -0.1) is 0 Å². The van der Waals surface area contributed by atoms with Crippen molar-refractivity contribution in [3.05, 3.63) is 0 Å². The van der Waals surface area contributed by atoms with Crippen LogP contribution in [0.15, 0.2) is 0 Å². The summed E-state index contributed by atoms with van der Waals surface area (Å²) in [6.07, 6.45) is 11.5. The van der Waals surface area contributed by atoms with Gasteiger partial charge in [-0.05, 0) is 111 Å². The first kappa shape index (κ1) is 21.6. The van der Waals surface area contributed by atoms with Crippen molar-refractivity contribution in [2.45, 2.75) is 105 Å². The predicted molar refractivity (Wildman–Crippen MR) is 113 cm³/mol. The molecule has 27 heavy (non-hydrogen) atoms. The molecule has 4 rings (SSSR count). The van der Waals surface area contributed by atoms with Crippen molar-refractivity contribution in [2.75, 3.05) is 6.61 Å². The highest BCUT2D eigenvalue weighted by atomic mass is 16.3. The van der Waals surface area contributed by atoms with Crippen LogP contribution in [-0.4, -0.2) is 22.4 Å². The average molecular weight is 379 g/mol. The summed E-state index contributed by atoms with van der Waals surface area (Å²) in [4.78, 5) is 0. The van der Waals surface area contributed by atoms with Crippen LogP contribution in [0.1, 0.15) is 99.3 Å². The first-order chi connectivity index (χ1) is 12.7. The Morgan fingerprint density at radius 1 is 0.852 bits per heavy atom. The Labute approximate surface area is 168 Å². The number of aliphatic hydroxyl groups is 2. The molecule has 0 spiro atoms. The molecule has 4 aliphatic rings. The van der Waals surface area contributed by atoms with E-state index < -0.39 is 5.60 Å². The zero-order valence-electron chi connectivity index (χ0n) is 18.9. The molecular weight excluding hydrogens is 332 g/mol. The third-order valence-corrected chi connectivity index (χ3v) is 10.0. The van der Waals surface area contributed by atoms with E-state index in [9.17, 15) is 10.2 Å². The Bertz CT molecular complexity index is 514. The highest BCUT2D eigenvalue weighted by Crippen LogP contribution is 2.68. The van der Waals surface area contributed by atoms with Crippen LogP contribution in [-0.2, 0) is 0 Å². The Hall–Kier alpha value is -0.0800. The normalized spacial score (nSPS) is 52.7. The number of hydrogen-bond donors (Lipinski definition) is 2. The maximum Gasteiger partial charge on any atom is 0.0622 e. The van der Waals surface area contributed by atoms with Crippen LogP contribution in [0.25, 0.3) is 0 Å². The van der Waals surface area contributed by atoms with Gasteiger partial charge in [0.1, 0.15) is 0 Å². The third kappa shape index (κ3) is 3.41. The molecule has 0 aliphatic heterocycles. The molecule has 0 bridgehead atoms. The van der Waals surface area contributed by atoms with Crippen molar-refractivity contribution in [3.8, 4) is 0 Å². The van der Waals surface area contributed by atoms with Gasteiger partial charge in [-0.2, -0.15) is 0 Å². The molecule has 4 aliphatic carbocycles. The van der Waals surface area contributed by atoms with E-state index in [2.05, 4.69) is 27.7 Å². The molecule has 2 N–H and O–H groups in total. The highest BCUT2D eigenvalue weighted by Gasteiger charge is 2.61. The fourth-order valence-corrected chi connectivity index (χ4v) is 8.53. The Balaban J connectivity index is 0.00000102. The minimum Gasteiger partial charge on any atom is -0.396 e. The molecule has 4 saturated carbocycles. The van der Waals surface area contributed by atoms with E-state index in [4.69, 9.17) is 0 Å². The quantitative estimate of drug-likeness (QED) is 0.614. The fraction of sp³-hybridized carbons (Fsp3) is 1.00. The summed E-state index contributed by atoms with van der Waals surface area (Å²) in [5.74, 6) is 4.58. The molecule has 0 aromatic heterocycles. The minimum atomic E-state index is -0.421. The molecular formula is C25H46O2.